The van der Waals surface area contributed by atoms with Crippen molar-refractivity contribution in [3.8, 4) is 0 Å². The summed E-state index contributed by atoms with van der Waals surface area (Å²) in [6.45, 7) is 0.757. The van der Waals surface area contributed by atoms with Gasteiger partial charge in [-0.05, 0) is 55.0 Å². The summed E-state index contributed by atoms with van der Waals surface area (Å²) in [6.07, 6.45) is 3.07. The fourth-order valence-corrected chi connectivity index (χ4v) is 4.41. The van der Waals surface area contributed by atoms with Gasteiger partial charge in [0.05, 0.1) is 4.90 Å². The van der Waals surface area contributed by atoms with Crippen LogP contribution < -0.4 is 15.4 Å². The van der Waals surface area contributed by atoms with Gasteiger partial charge in [0.15, 0.2) is 0 Å². The maximum atomic E-state index is 12.1. The minimum Gasteiger partial charge on any atom is -0.338 e. The molecular weight excluding hydrogens is 362 g/mol. The summed E-state index contributed by atoms with van der Waals surface area (Å²) >= 11 is 0. The molecule has 1 aliphatic carbocycles. The van der Waals surface area contributed by atoms with Gasteiger partial charge in [-0.2, -0.15) is 0 Å². The van der Waals surface area contributed by atoms with Crippen molar-refractivity contribution in [2.75, 3.05) is 13.6 Å². The molecule has 1 atom stereocenters. The fourth-order valence-electron chi connectivity index (χ4n) is 3.44. The standard InChI is InChI=1S/C20H25N3O3S/c1-21-27(25,26)19-9-5-4-8-18(19)14-23-20(24)22-13-15-10-11-16-6-2-3-7-17(16)12-15/h2-9,15,21H,10-14H2,1H3,(H2,22,23,24). The number of aryl methyl sites for hydroxylation is 1. The van der Waals surface area contributed by atoms with E-state index in [-0.39, 0.29) is 17.5 Å². The van der Waals surface area contributed by atoms with Crippen molar-refractivity contribution in [3.63, 3.8) is 0 Å². The Balaban J connectivity index is 1.52. The van der Waals surface area contributed by atoms with Crippen molar-refractivity contribution in [1.82, 2.24) is 15.4 Å². The van der Waals surface area contributed by atoms with Crippen LogP contribution in [0.5, 0.6) is 0 Å². The Hall–Kier alpha value is -2.38. The van der Waals surface area contributed by atoms with Gasteiger partial charge < -0.3 is 10.6 Å². The molecule has 27 heavy (non-hydrogen) atoms. The summed E-state index contributed by atoms with van der Waals surface area (Å²) in [4.78, 5) is 12.3. The van der Waals surface area contributed by atoms with Crippen LogP contribution in [-0.4, -0.2) is 28.0 Å². The number of amides is 2. The smallest absolute Gasteiger partial charge is 0.315 e. The number of hydrogen-bond acceptors (Lipinski definition) is 3. The van der Waals surface area contributed by atoms with Gasteiger partial charge in [-0.3, -0.25) is 0 Å². The normalized spacial score (nSPS) is 16.4. The van der Waals surface area contributed by atoms with Crippen LogP contribution in [0.4, 0.5) is 4.79 Å². The van der Waals surface area contributed by atoms with E-state index in [2.05, 4.69) is 39.6 Å². The summed E-state index contributed by atoms with van der Waals surface area (Å²) in [7, 11) is -2.19. The summed E-state index contributed by atoms with van der Waals surface area (Å²) in [5, 5.41) is 5.66. The predicted molar refractivity (Wildman–Crippen MR) is 105 cm³/mol. The second-order valence-electron chi connectivity index (χ2n) is 6.76. The predicted octanol–water partition coefficient (Wildman–Crippen LogP) is 2.20. The molecule has 3 rings (SSSR count). The van der Waals surface area contributed by atoms with Crippen molar-refractivity contribution in [1.29, 1.82) is 0 Å². The molecule has 2 aromatic carbocycles. The van der Waals surface area contributed by atoms with Gasteiger partial charge in [-0.25, -0.2) is 17.9 Å². The maximum Gasteiger partial charge on any atom is 0.315 e. The molecule has 2 aromatic rings. The Labute approximate surface area is 160 Å². The van der Waals surface area contributed by atoms with Crippen molar-refractivity contribution in [2.24, 2.45) is 5.92 Å². The Morgan fingerprint density at radius 3 is 2.52 bits per heavy atom. The van der Waals surface area contributed by atoms with Gasteiger partial charge >= 0.3 is 6.03 Å². The van der Waals surface area contributed by atoms with Crippen LogP contribution in [0.1, 0.15) is 23.1 Å². The highest BCUT2D eigenvalue weighted by atomic mass is 32.2. The number of benzene rings is 2. The molecule has 0 fully saturated rings. The summed E-state index contributed by atoms with van der Waals surface area (Å²) in [5.74, 6) is 0.419. The van der Waals surface area contributed by atoms with E-state index in [9.17, 15) is 13.2 Å². The quantitative estimate of drug-likeness (QED) is 0.710. The zero-order valence-electron chi connectivity index (χ0n) is 15.4. The highest BCUT2D eigenvalue weighted by Gasteiger charge is 2.19. The lowest BCUT2D eigenvalue weighted by atomic mass is 9.84. The Morgan fingerprint density at radius 1 is 1.04 bits per heavy atom. The topological polar surface area (TPSA) is 87.3 Å². The Morgan fingerprint density at radius 2 is 1.74 bits per heavy atom. The third-order valence-electron chi connectivity index (χ3n) is 4.97. The molecule has 3 N–H and O–H groups in total. The highest BCUT2D eigenvalue weighted by molar-refractivity contribution is 7.89. The lowest BCUT2D eigenvalue weighted by Gasteiger charge is -2.24. The third-order valence-corrected chi connectivity index (χ3v) is 6.49. The average Bonchev–Trinajstić information content (AvgIpc) is 2.70. The van der Waals surface area contributed by atoms with Crippen LogP contribution >= 0.6 is 0 Å². The third kappa shape index (κ3) is 4.87. The van der Waals surface area contributed by atoms with E-state index in [0.717, 1.165) is 19.3 Å². The molecule has 144 valence electrons. The number of rotatable bonds is 6. The lowest BCUT2D eigenvalue weighted by molar-refractivity contribution is 0.237. The van der Waals surface area contributed by atoms with E-state index < -0.39 is 10.0 Å². The highest BCUT2D eigenvalue weighted by Crippen LogP contribution is 2.24. The van der Waals surface area contributed by atoms with Crippen LogP contribution in [0, 0.1) is 5.92 Å². The minimum absolute atomic E-state index is 0.149. The van der Waals surface area contributed by atoms with Crippen LogP contribution in [0.25, 0.3) is 0 Å². The fraction of sp³-hybridized carbons (Fsp3) is 0.350. The second kappa shape index (κ2) is 8.54. The van der Waals surface area contributed by atoms with Gasteiger partial charge in [0.1, 0.15) is 0 Å². The lowest BCUT2D eigenvalue weighted by Crippen LogP contribution is -2.39. The number of carbonyl (C=O) groups is 1. The summed E-state index contributed by atoms with van der Waals surface area (Å²) in [6, 6.07) is 14.8. The Bertz CT molecular complexity index is 912. The van der Waals surface area contributed by atoms with Gasteiger partial charge in [-0.1, -0.05) is 42.5 Å². The number of urea groups is 1. The van der Waals surface area contributed by atoms with Crippen molar-refractivity contribution < 1.29 is 13.2 Å². The number of fused-ring (bicyclic) bond motifs is 1. The monoisotopic (exact) mass is 387 g/mol. The molecule has 2 amide bonds. The molecule has 0 saturated heterocycles. The molecular formula is C20H25N3O3S. The van der Waals surface area contributed by atoms with E-state index in [1.54, 1.807) is 18.2 Å². The molecule has 0 aliphatic heterocycles. The molecule has 6 nitrogen and oxygen atoms in total. The van der Waals surface area contributed by atoms with E-state index in [0.29, 0.717) is 18.0 Å². The first-order valence-corrected chi connectivity index (χ1v) is 10.6. The summed E-state index contributed by atoms with van der Waals surface area (Å²) < 4.78 is 26.4. The van der Waals surface area contributed by atoms with E-state index >= 15 is 0 Å². The first-order valence-electron chi connectivity index (χ1n) is 9.09. The van der Waals surface area contributed by atoms with Gasteiger partial charge in [0.25, 0.3) is 0 Å². The van der Waals surface area contributed by atoms with Crippen LogP contribution in [0.2, 0.25) is 0 Å². The zero-order valence-corrected chi connectivity index (χ0v) is 16.2. The first kappa shape index (κ1) is 19.4. The molecule has 1 unspecified atom stereocenters. The van der Waals surface area contributed by atoms with Crippen LogP contribution in [-0.2, 0) is 29.4 Å². The second-order valence-corrected chi connectivity index (χ2v) is 8.61. The Kier molecular flexibility index (Phi) is 6.13. The largest absolute Gasteiger partial charge is 0.338 e. The SMILES string of the molecule is CNS(=O)(=O)c1ccccc1CNC(=O)NCC1CCc2ccccc2C1. The van der Waals surface area contributed by atoms with E-state index in [1.165, 1.54) is 24.2 Å². The van der Waals surface area contributed by atoms with Crippen molar-refractivity contribution in [3.05, 3.63) is 65.2 Å². The molecule has 0 saturated carbocycles. The molecule has 0 heterocycles. The average molecular weight is 388 g/mol. The number of nitrogens with one attached hydrogen (secondary N) is 3. The molecule has 0 radical (unpaired) electrons. The van der Waals surface area contributed by atoms with Gasteiger partial charge in [0.2, 0.25) is 10.0 Å². The summed E-state index contributed by atoms with van der Waals surface area (Å²) in [5.41, 5.74) is 3.32. The van der Waals surface area contributed by atoms with E-state index in [4.69, 9.17) is 0 Å². The molecule has 7 heteroatoms. The zero-order chi connectivity index (χ0) is 19.3. The minimum atomic E-state index is -3.56. The van der Waals surface area contributed by atoms with Crippen LogP contribution in [0.3, 0.4) is 0 Å². The van der Waals surface area contributed by atoms with Gasteiger partial charge in [0, 0.05) is 13.1 Å². The first-order chi connectivity index (χ1) is 13.0. The number of carbonyl (C=O) groups excluding carboxylic acids is 1. The molecule has 0 spiro atoms. The van der Waals surface area contributed by atoms with E-state index in [1.807, 2.05) is 0 Å². The number of sulfonamides is 1. The van der Waals surface area contributed by atoms with Crippen molar-refractivity contribution >= 4 is 16.1 Å². The van der Waals surface area contributed by atoms with Gasteiger partial charge in [-0.15, -0.1) is 0 Å². The molecule has 0 aromatic heterocycles. The van der Waals surface area contributed by atoms with Crippen molar-refractivity contribution in [2.45, 2.75) is 30.7 Å². The van der Waals surface area contributed by atoms with Crippen LogP contribution in [0.15, 0.2) is 53.4 Å². The molecule has 1 aliphatic rings. The molecule has 0 bridgehead atoms. The number of hydrogen-bond donors (Lipinski definition) is 3. The maximum absolute atomic E-state index is 12.1.